The summed E-state index contributed by atoms with van der Waals surface area (Å²) >= 11 is 1.64. The summed E-state index contributed by atoms with van der Waals surface area (Å²) in [5, 5.41) is 0.772. The monoisotopic (exact) mass is 371 g/mol. The maximum absolute atomic E-state index is 5.21. The van der Waals surface area contributed by atoms with Crippen LogP contribution in [-0.2, 0) is 19.2 Å². The lowest BCUT2D eigenvalue weighted by molar-refractivity contribution is 0.414. The van der Waals surface area contributed by atoms with Crippen LogP contribution in [0, 0.1) is 0 Å². The molecule has 0 aliphatic rings. The van der Waals surface area contributed by atoms with Crippen molar-refractivity contribution < 1.29 is 4.74 Å². The number of anilines is 1. The summed E-state index contributed by atoms with van der Waals surface area (Å²) in [6.45, 7) is 5.09. The van der Waals surface area contributed by atoms with Crippen LogP contribution in [-0.4, -0.2) is 40.2 Å². The van der Waals surface area contributed by atoms with Gasteiger partial charge in [0.2, 0.25) is 0 Å². The van der Waals surface area contributed by atoms with Crippen LogP contribution in [0.2, 0.25) is 0 Å². The van der Waals surface area contributed by atoms with Gasteiger partial charge >= 0.3 is 0 Å². The molecule has 7 heteroatoms. The van der Waals surface area contributed by atoms with Gasteiger partial charge in [-0.25, -0.2) is 15.0 Å². The Morgan fingerprint density at radius 2 is 1.85 bits per heavy atom. The van der Waals surface area contributed by atoms with Crippen LogP contribution in [0.5, 0.6) is 5.75 Å². The summed E-state index contributed by atoms with van der Waals surface area (Å²) in [6, 6.07) is 8.10. The smallest absolute Gasteiger partial charge is 0.191 e. The van der Waals surface area contributed by atoms with Gasteiger partial charge in [0.15, 0.2) is 22.1 Å². The summed E-state index contributed by atoms with van der Waals surface area (Å²) in [4.78, 5) is 16.4. The molecule has 0 aliphatic heterocycles. The van der Waals surface area contributed by atoms with Crippen molar-refractivity contribution in [3.8, 4) is 5.75 Å². The zero-order valence-corrected chi connectivity index (χ0v) is 16.8. The molecule has 0 amide bonds. The molecule has 0 saturated heterocycles. The second kappa shape index (κ2) is 7.95. The summed E-state index contributed by atoms with van der Waals surface area (Å²) in [7, 11) is 5.74. The van der Waals surface area contributed by atoms with Crippen LogP contribution < -0.4 is 9.64 Å². The number of benzene rings is 1. The van der Waals surface area contributed by atoms with Gasteiger partial charge in [-0.2, -0.15) is 0 Å². The highest BCUT2D eigenvalue weighted by molar-refractivity contribution is 7.98. The molecule has 2 heterocycles. The Hall–Kier alpha value is -2.28. The molecule has 0 unspecified atom stereocenters. The summed E-state index contributed by atoms with van der Waals surface area (Å²) in [6.07, 6.45) is 0.871. The van der Waals surface area contributed by atoms with Gasteiger partial charge in [-0.05, 0) is 24.6 Å². The number of nitrogens with zero attached hydrogens (tertiary/aromatic N) is 5. The summed E-state index contributed by atoms with van der Waals surface area (Å²) in [5.74, 6) is 3.59. The van der Waals surface area contributed by atoms with Gasteiger partial charge in [-0.1, -0.05) is 30.8 Å². The van der Waals surface area contributed by atoms with E-state index in [-0.39, 0.29) is 0 Å². The van der Waals surface area contributed by atoms with Gasteiger partial charge in [0.25, 0.3) is 0 Å². The molecule has 3 rings (SSSR count). The van der Waals surface area contributed by atoms with Crippen LogP contribution >= 0.6 is 11.8 Å². The van der Waals surface area contributed by atoms with E-state index in [0.29, 0.717) is 0 Å². The second-order valence-corrected chi connectivity index (χ2v) is 7.04. The average molecular weight is 372 g/mol. The highest BCUT2D eigenvalue weighted by atomic mass is 32.2. The third-order valence-corrected chi connectivity index (χ3v) is 5.37. The number of aromatic nitrogens is 4. The summed E-state index contributed by atoms with van der Waals surface area (Å²) in [5.41, 5.74) is 2.98. The topological polar surface area (TPSA) is 56.1 Å². The predicted molar refractivity (Wildman–Crippen MR) is 107 cm³/mol. The van der Waals surface area contributed by atoms with Gasteiger partial charge in [0.1, 0.15) is 11.6 Å². The van der Waals surface area contributed by atoms with Gasteiger partial charge in [-0.3, -0.25) is 0 Å². The van der Waals surface area contributed by atoms with E-state index in [1.54, 1.807) is 18.9 Å². The lowest BCUT2D eigenvalue weighted by Crippen LogP contribution is -2.18. The van der Waals surface area contributed by atoms with E-state index in [4.69, 9.17) is 19.7 Å². The van der Waals surface area contributed by atoms with Crippen LogP contribution in [0.15, 0.2) is 29.4 Å². The largest absolute Gasteiger partial charge is 0.497 e. The minimum atomic E-state index is 0.772. The Balaban J connectivity index is 1.93. The highest BCUT2D eigenvalue weighted by Gasteiger charge is 2.17. The Bertz CT molecular complexity index is 891. The number of hydrogen-bond acceptors (Lipinski definition) is 6. The molecule has 0 bridgehead atoms. The lowest BCUT2D eigenvalue weighted by Gasteiger charge is -2.16. The van der Waals surface area contributed by atoms with Gasteiger partial charge in [-0.15, -0.1) is 0 Å². The maximum atomic E-state index is 5.21. The molecule has 0 saturated carbocycles. The normalized spacial score (nSPS) is 11.1. The van der Waals surface area contributed by atoms with E-state index in [9.17, 15) is 0 Å². The molecule has 2 aromatic heterocycles. The molecule has 0 N–H and O–H groups in total. The third kappa shape index (κ3) is 3.62. The number of thioether (sulfide) groups is 1. The Kier molecular flexibility index (Phi) is 5.66. The number of ether oxygens (including phenoxy) is 1. The van der Waals surface area contributed by atoms with Gasteiger partial charge in [0.05, 0.1) is 7.11 Å². The fraction of sp³-hybridized carbons (Fsp3) is 0.421. The molecule has 1 aromatic carbocycles. The standard InChI is InChI=1S/C19H25N5OS/c1-6-15-20-16-17(23(3)7-2)21-19(22-18(16)24(15)4)26-12-13-8-10-14(25-5)11-9-13/h8-11H,6-7,12H2,1-5H3. The Morgan fingerprint density at radius 3 is 2.46 bits per heavy atom. The maximum Gasteiger partial charge on any atom is 0.191 e. The Labute approximate surface area is 158 Å². The first-order valence-electron chi connectivity index (χ1n) is 8.77. The third-order valence-electron chi connectivity index (χ3n) is 4.45. The van der Waals surface area contributed by atoms with E-state index in [0.717, 1.165) is 52.4 Å². The number of aryl methyl sites for hydroxylation is 2. The van der Waals surface area contributed by atoms with Crippen molar-refractivity contribution in [3.05, 3.63) is 35.7 Å². The number of hydrogen-bond donors (Lipinski definition) is 0. The van der Waals surface area contributed by atoms with Crippen LogP contribution in [0.1, 0.15) is 25.2 Å². The zero-order valence-electron chi connectivity index (χ0n) is 16.0. The first-order valence-corrected chi connectivity index (χ1v) is 9.76. The number of imidazole rings is 1. The van der Waals surface area contributed by atoms with Crippen LogP contribution in [0.25, 0.3) is 11.2 Å². The quantitative estimate of drug-likeness (QED) is 0.466. The molecule has 0 radical (unpaired) electrons. The van der Waals surface area contributed by atoms with Gasteiger partial charge in [0, 0.05) is 32.8 Å². The van der Waals surface area contributed by atoms with Crippen molar-refractivity contribution in [2.75, 3.05) is 25.6 Å². The minimum Gasteiger partial charge on any atom is -0.497 e. The Morgan fingerprint density at radius 1 is 1.12 bits per heavy atom. The molecular weight excluding hydrogens is 346 g/mol. The van der Waals surface area contributed by atoms with Crippen molar-refractivity contribution in [2.24, 2.45) is 7.05 Å². The van der Waals surface area contributed by atoms with E-state index < -0.39 is 0 Å². The predicted octanol–water partition coefficient (Wildman–Crippen LogP) is 3.68. The van der Waals surface area contributed by atoms with Crippen molar-refractivity contribution in [1.29, 1.82) is 0 Å². The summed E-state index contributed by atoms with van der Waals surface area (Å²) < 4.78 is 7.28. The first-order chi connectivity index (χ1) is 12.6. The molecule has 26 heavy (non-hydrogen) atoms. The van der Waals surface area contributed by atoms with Crippen molar-refractivity contribution in [2.45, 2.75) is 31.2 Å². The van der Waals surface area contributed by atoms with Crippen LogP contribution in [0.3, 0.4) is 0 Å². The van der Waals surface area contributed by atoms with Crippen molar-refractivity contribution in [3.63, 3.8) is 0 Å². The number of methoxy groups -OCH3 is 1. The molecule has 0 spiro atoms. The van der Waals surface area contributed by atoms with E-state index >= 15 is 0 Å². The molecule has 0 fully saturated rings. The van der Waals surface area contributed by atoms with Gasteiger partial charge < -0.3 is 14.2 Å². The van der Waals surface area contributed by atoms with E-state index in [2.05, 4.69) is 35.4 Å². The second-order valence-electron chi connectivity index (χ2n) is 6.09. The number of fused-ring (bicyclic) bond motifs is 1. The van der Waals surface area contributed by atoms with E-state index in [1.165, 1.54) is 5.56 Å². The molecule has 6 nitrogen and oxygen atoms in total. The fourth-order valence-corrected chi connectivity index (χ4v) is 3.53. The molecular formula is C19H25N5OS. The zero-order chi connectivity index (χ0) is 18.7. The fourth-order valence-electron chi connectivity index (χ4n) is 2.74. The molecule has 3 aromatic rings. The van der Waals surface area contributed by atoms with Crippen LogP contribution in [0.4, 0.5) is 5.82 Å². The minimum absolute atomic E-state index is 0.772. The molecule has 0 atom stereocenters. The van der Waals surface area contributed by atoms with Crippen molar-refractivity contribution >= 4 is 28.7 Å². The lowest BCUT2D eigenvalue weighted by atomic mass is 10.2. The molecule has 138 valence electrons. The number of rotatable bonds is 7. The van der Waals surface area contributed by atoms with Crippen molar-refractivity contribution in [1.82, 2.24) is 19.5 Å². The highest BCUT2D eigenvalue weighted by Crippen LogP contribution is 2.28. The first kappa shape index (κ1) is 18.5. The average Bonchev–Trinajstić information content (AvgIpc) is 3.01. The van der Waals surface area contributed by atoms with E-state index in [1.807, 2.05) is 26.2 Å². The SMILES string of the molecule is CCc1nc2c(N(C)CC)nc(SCc3ccc(OC)cc3)nc2n1C. The molecule has 0 aliphatic carbocycles.